The summed E-state index contributed by atoms with van der Waals surface area (Å²) in [6.45, 7) is -0.423. The Kier molecular flexibility index (Phi) is 6.90. The van der Waals surface area contributed by atoms with Gasteiger partial charge in [0, 0.05) is 0 Å². The first kappa shape index (κ1) is 21.8. The number of esters is 1. The average Bonchev–Trinajstić information content (AvgIpc) is 2.71. The van der Waals surface area contributed by atoms with E-state index in [1.807, 2.05) is 0 Å². The van der Waals surface area contributed by atoms with Crippen molar-refractivity contribution in [3.05, 3.63) is 35.4 Å². The van der Waals surface area contributed by atoms with Crippen LogP contribution >= 0.6 is 0 Å². The molecule has 13 heteroatoms. The molecule has 0 aliphatic rings. The van der Waals surface area contributed by atoms with Gasteiger partial charge in [-0.05, 0) is 17.7 Å². The standard InChI is InChI=1S/C16H18N4O8S/c1-26-12-7-13(27-2)18-15(17-12)19-16(23)20-29(24,25)11-5-4-9(8-21)6-10(11)14(22)28-3/h4-7,21H,8H2,1-3H3,(H2,17,18,19,20,23). The number of hydrogen-bond acceptors (Lipinski definition) is 10. The van der Waals surface area contributed by atoms with Crippen LogP contribution < -0.4 is 19.5 Å². The lowest BCUT2D eigenvalue weighted by Gasteiger charge is -2.12. The zero-order valence-corrected chi connectivity index (χ0v) is 16.4. The van der Waals surface area contributed by atoms with Gasteiger partial charge < -0.3 is 19.3 Å². The van der Waals surface area contributed by atoms with E-state index in [1.54, 1.807) is 4.72 Å². The summed E-state index contributed by atoms with van der Waals surface area (Å²) in [5.74, 6) is -1.09. The Morgan fingerprint density at radius 2 is 1.69 bits per heavy atom. The highest BCUT2D eigenvalue weighted by atomic mass is 32.2. The molecule has 0 aliphatic heterocycles. The fraction of sp³-hybridized carbons (Fsp3) is 0.250. The fourth-order valence-corrected chi connectivity index (χ4v) is 3.24. The molecule has 0 radical (unpaired) electrons. The van der Waals surface area contributed by atoms with E-state index in [2.05, 4.69) is 20.0 Å². The zero-order chi connectivity index (χ0) is 21.6. The Bertz CT molecular complexity index is 1000. The summed E-state index contributed by atoms with van der Waals surface area (Å²) < 4.78 is 41.3. The maximum absolute atomic E-state index is 12.6. The molecule has 0 fully saturated rings. The van der Waals surface area contributed by atoms with Gasteiger partial charge in [0.15, 0.2) is 0 Å². The lowest BCUT2D eigenvalue weighted by molar-refractivity contribution is 0.0596. The summed E-state index contributed by atoms with van der Waals surface area (Å²) in [4.78, 5) is 31.2. The van der Waals surface area contributed by atoms with E-state index in [9.17, 15) is 23.1 Å². The molecule has 0 saturated carbocycles. The lowest BCUT2D eigenvalue weighted by atomic mass is 10.1. The largest absolute Gasteiger partial charge is 0.481 e. The second-order valence-corrected chi connectivity index (χ2v) is 6.97. The molecule has 0 saturated heterocycles. The molecule has 12 nitrogen and oxygen atoms in total. The number of ether oxygens (including phenoxy) is 3. The predicted octanol–water partition coefficient (Wildman–Crippen LogP) is 0.283. The van der Waals surface area contributed by atoms with Crippen molar-refractivity contribution in [3.63, 3.8) is 0 Å². The van der Waals surface area contributed by atoms with E-state index in [-0.39, 0.29) is 28.8 Å². The van der Waals surface area contributed by atoms with Crippen molar-refractivity contribution in [2.75, 3.05) is 26.6 Å². The van der Waals surface area contributed by atoms with E-state index in [1.165, 1.54) is 26.4 Å². The summed E-state index contributed by atoms with van der Waals surface area (Å²) in [6.07, 6.45) is 0. The molecule has 2 amide bonds. The highest BCUT2D eigenvalue weighted by Gasteiger charge is 2.26. The molecule has 0 aliphatic carbocycles. The molecule has 1 aromatic heterocycles. The molecule has 0 bridgehead atoms. The number of rotatable bonds is 7. The minimum Gasteiger partial charge on any atom is -0.481 e. The number of carbonyl (C=O) groups is 2. The van der Waals surface area contributed by atoms with Gasteiger partial charge in [0.25, 0.3) is 10.0 Å². The molecule has 2 rings (SSSR count). The first-order valence-corrected chi connectivity index (χ1v) is 9.35. The lowest BCUT2D eigenvalue weighted by Crippen LogP contribution is -2.35. The Morgan fingerprint density at radius 3 is 2.21 bits per heavy atom. The topological polar surface area (TPSA) is 166 Å². The van der Waals surface area contributed by atoms with Gasteiger partial charge in [0.2, 0.25) is 17.7 Å². The molecule has 0 unspecified atom stereocenters. The van der Waals surface area contributed by atoms with Crippen molar-refractivity contribution < 1.29 is 37.3 Å². The van der Waals surface area contributed by atoms with Crippen molar-refractivity contribution in [3.8, 4) is 11.8 Å². The van der Waals surface area contributed by atoms with Crippen LogP contribution in [-0.4, -0.2) is 56.8 Å². The fourth-order valence-electron chi connectivity index (χ4n) is 2.15. The van der Waals surface area contributed by atoms with Crippen LogP contribution in [0.2, 0.25) is 0 Å². The molecule has 29 heavy (non-hydrogen) atoms. The Labute approximate surface area is 165 Å². The molecule has 1 heterocycles. The predicted molar refractivity (Wildman–Crippen MR) is 98.2 cm³/mol. The van der Waals surface area contributed by atoms with Gasteiger partial charge in [-0.1, -0.05) is 6.07 Å². The van der Waals surface area contributed by atoms with Crippen LogP contribution in [0.3, 0.4) is 0 Å². The number of benzene rings is 1. The van der Waals surface area contributed by atoms with E-state index < -0.39 is 33.5 Å². The second kappa shape index (κ2) is 9.16. The van der Waals surface area contributed by atoms with Gasteiger partial charge in [-0.15, -0.1) is 0 Å². The van der Waals surface area contributed by atoms with Gasteiger partial charge in [-0.25, -0.2) is 22.7 Å². The van der Waals surface area contributed by atoms with Gasteiger partial charge in [0.05, 0.1) is 39.6 Å². The summed E-state index contributed by atoms with van der Waals surface area (Å²) in [6, 6.07) is 3.66. The number of aliphatic hydroxyl groups excluding tert-OH is 1. The number of nitrogens with one attached hydrogen (secondary N) is 2. The van der Waals surface area contributed by atoms with Crippen LogP contribution in [0.1, 0.15) is 15.9 Å². The van der Waals surface area contributed by atoms with Crippen LogP contribution in [0.25, 0.3) is 0 Å². The number of carbonyl (C=O) groups excluding carboxylic acids is 2. The number of amides is 2. The second-order valence-electron chi connectivity index (χ2n) is 5.32. The smallest absolute Gasteiger partial charge is 0.339 e. The molecule has 1 aromatic carbocycles. The minimum absolute atomic E-state index is 0.0718. The average molecular weight is 426 g/mol. The summed E-state index contributed by atoms with van der Waals surface area (Å²) in [5.41, 5.74) is -0.0654. The number of urea groups is 1. The van der Waals surface area contributed by atoms with Crippen molar-refractivity contribution in [2.24, 2.45) is 0 Å². The van der Waals surface area contributed by atoms with Crippen molar-refractivity contribution in [2.45, 2.75) is 11.5 Å². The maximum Gasteiger partial charge on any atom is 0.339 e. The molecular weight excluding hydrogens is 408 g/mol. The summed E-state index contributed by atoms with van der Waals surface area (Å²) in [7, 11) is -0.749. The summed E-state index contributed by atoms with van der Waals surface area (Å²) in [5, 5.41) is 11.3. The van der Waals surface area contributed by atoms with Crippen molar-refractivity contribution >= 4 is 28.0 Å². The molecule has 0 atom stereocenters. The third-order valence-corrected chi connectivity index (χ3v) is 4.86. The maximum atomic E-state index is 12.6. The molecule has 0 spiro atoms. The Balaban J connectivity index is 2.30. The zero-order valence-electron chi connectivity index (χ0n) is 15.6. The number of aromatic nitrogens is 2. The monoisotopic (exact) mass is 426 g/mol. The van der Waals surface area contributed by atoms with E-state index >= 15 is 0 Å². The highest BCUT2D eigenvalue weighted by Crippen LogP contribution is 2.20. The van der Waals surface area contributed by atoms with Crippen molar-refractivity contribution in [1.82, 2.24) is 14.7 Å². The van der Waals surface area contributed by atoms with E-state index in [0.29, 0.717) is 0 Å². The van der Waals surface area contributed by atoms with Crippen LogP contribution in [0.5, 0.6) is 11.8 Å². The Hall–Kier alpha value is -3.45. The first-order chi connectivity index (χ1) is 13.7. The van der Waals surface area contributed by atoms with Crippen LogP contribution in [0, 0.1) is 0 Å². The van der Waals surface area contributed by atoms with E-state index in [4.69, 9.17) is 9.47 Å². The van der Waals surface area contributed by atoms with Crippen LogP contribution in [0.4, 0.5) is 10.7 Å². The SMILES string of the molecule is COC(=O)c1cc(CO)ccc1S(=O)(=O)NC(=O)Nc1nc(OC)cc(OC)n1. The quantitative estimate of drug-likeness (QED) is 0.523. The number of anilines is 1. The normalized spacial score (nSPS) is 10.8. The van der Waals surface area contributed by atoms with Crippen LogP contribution in [-0.2, 0) is 21.4 Å². The minimum atomic E-state index is -4.48. The third-order valence-electron chi connectivity index (χ3n) is 3.47. The van der Waals surface area contributed by atoms with Gasteiger partial charge >= 0.3 is 12.0 Å². The molecule has 3 N–H and O–H groups in total. The van der Waals surface area contributed by atoms with Gasteiger partial charge in [0.1, 0.15) is 4.90 Å². The van der Waals surface area contributed by atoms with E-state index in [0.717, 1.165) is 19.2 Å². The number of aliphatic hydroxyl groups is 1. The molecule has 156 valence electrons. The van der Waals surface area contributed by atoms with Gasteiger partial charge in [-0.3, -0.25) is 5.32 Å². The van der Waals surface area contributed by atoms with Crippen LogP contribution in [0.15, 0.2) is 29.2 Å². The highest BCUT2D eigenvalue weighted by molar-refractivity contribution is 7.90. The van der Waals surface area contributed by atoms with Gasteiger partial charge in [-0.2, -0.15) is 9.97 Å². The number of methoxy groups -OCH3 is 3. The Morgan fingerprint density at radius 1 is 1.07 bits per heavy atom. The van der Waals surface area contributed by atoms with Crippen molar-refractivity contribution in [1.29, 1.82) is 0 Å². The molecular formula is C16H18N4O8S. The first-order valence-electron chi connectivity index (χ1n) is 7.87. The molecule has 2 aromatic rings. The number of nitrogens with zero attached hydrogens (tertiary/aromatic N) is 2. The number of hydrogen-bond donors (Lipinski definition) is 3. The summed E-state index contributed by atoms with van der Waals surface area (Å²) >= 11 is 0. The number of sulfonamides is 1. The third kappa shape index (κ3) is 5.30.